The van der Waals surface area contributed by atoms with Crippen molar-refractivity contribution in [3.8, 4) is 0 Å². The molecule has 0 saturated heterocycles. The predicted molar refractivity (Wildman–Crippen MR) is 65.3 cm³/mol. The molecule has 1 amide bonds. The molecule has 7 heteroatoms. The van der Waals surface area contributed by atoms with Crippen LogP contribution in [0.5, 0.6) is 0 Å². The van der Waals surface area contributed by atoms with Crippen LogP contribution >= 0.6 is 0 Å². The van der Waals surface area contributed by atoms with Crippen LogP contribution in [0.15, 0.2) is 11.1 Å². The first-order valence-electron chi connectivity index (χ1n) is 5.96. The number of fused-ring (bicyclic) bond motifs is 2. The third kappa shape index (κ3) is 1.51. The normalized spacial score (nSPS) is 13.9. The van der Waals surface area contributed by atoms with E-state index >= 15 is 0 Å². The quantitative estimate of drug-likeness (QED) is 0.848. The van der Waals surface area contributed by atoms with Crippen molar-refractivity contribution in [3.05, 3.63) is 16.7 Å². The van der Waals surface area contributed by atoms with Crippen LogP contribution in [-0.2, 0) is 17.9 Å². The maximum atomic E-state index is 12.1. The van der Waals surface area contributed by atoms with E-state index in [1.54, 1.807) is 6.33 Å². The van der Waals surface area contributed by atoms with Crippen molar-refractivity contribution in [3.63, 3.8) is 0 Å². The second kappa shape index (κ2) is 3.94. The SMILES string of the molecule is CCCCn1cnc2c(=O)n3c(nc21)NC(=O)C3. The van der Waals surface area contributed by atoms with Gasteiger partial charge in [0.1, 0.15) is 6.54 Å². The lowest BCUT2D eigenvalue weighted by Gasteiger charge is -2.03. The number of amides is 1. The maximum absolute atomic E-state index is 12.1. The number of carbonyl (C=O) groups is 1. The van der Waals surface area contributed by atoms with Gasteiger partial charge in [0.2, 0.25) is 11.9 Å². The molecule has 0 unspecified atom stereocenters. The Balaban J connectivity index is 2.17. The molecule has 0 aliphatic carbocycles. The highest BCUT2D eigenvalue weighted by atomic mass is 16.2. The number of unbranched alkanes of at least 4 members (excludes halogenated alkanes) is 1. The van der Waals surface area contributed by atoms with E-state index in [4.69, 9.17) is 0 Å². The van der Waals surface area contributed by atoms with Crippen LogP contribution in [-0.4, -0.2) is 25.0 Å². The molecule has 0 fully saturated rings. The molecule has 3 heterocycles. The third-order valence-electron chi connectivity index (χ3n) is 3.03. The van der Waals surface area contributed by atoms with E-state index < -0.39 is 0 Å². The van der Waals surface area contributed by atoms with Crippen molar-refractivity contribution in [2.75, 3.05) is 5.32 Å². The van der Waals surface area contributed by atoms with Gasteiger partial charge in [-0.1, -0.05) is 13.3 Å². The number of aryl methyl sites for hydroxylation is 1. The summed E-state index contributed by atoms with van der Waals surface area (Å²) in [7, 11) is 0. The van der Waals surface area contributed by atoms with E-state index in [9.17, 15) is 9.59 Å². The van der Waals surface area contributed by atoms with Gasteiger partial charge in [-0.3, -0.25) is 19.5 Å². The minimum atomic E-state index is -0.261. The average molecular weight is 247 g/mol. The van der Waals surface area contributed by atoms with E-state index in [2.05, 4.69) is 22.2 Å². The number of rotatable bonds is 3. The van der Waals surface area contributed by atoms with E-state index in [0.717, 1.165) is 19.4 Å². The van der Waals surface area contributed by atoms with Crippen LogP contribution in [0.3, 0.4) is 0 Å². The minimum Gasteiger partial charge on any atom is -0.315 e. The number of imidazole rings is 1. The minimum absolute atomic E-state index is 0.0267. The van der Waals surface area contributed by atoms with Gasteiger partial charge in [0.25, 0.3) is 5.56 Å². The zero-order valence-electron chi connectivity index (χ0n) is 10.0. The van der Waals surface area contributed by atoms with E-state index in [-0.39, 0.29) is 18.0 Å². The zero-order valence-corrected chi connectivity index (χ0v) is 10.0. The number of carbonyl (C=O) groups excluding carboxylic acids is 1. The lowest BCUT2D eigenvalue weighted by Crippen LogP contribution is -2.20. The van der Waals surface area contributed by atoms with Crippen LogP contribution in [0.4, 0.5) is 5.95 Å². The van der Waals surface area contributed by atoms with E-state index in [0.29, 0.717) is 17.1 Å². The molecule has 3 rings (SSSR count). The highest BCUT2D eigenvalue weighted by Crippen LogP contribution is 2.14. The summed E-state index contributed by atoms with van der Waals surface area (Å²) in [5.41, 5.74) is 0.608. The monoisotopic (exact) mass is 247 g/mol. The van der Waals surface area contributed by atoms with E-state index in [1.807, 2.05) is 4.57 Å². The maximum Gasteiger partial charge on any atom is 0.283 e. The molecule has 0 bridgehead atoms. The summed E-state index contributed by atoms with van der Waals surface area (Å²) < 4.78 is 3.17. The molecule has 1 aliphatic heterocycles. The summed E-state index contributed by atoms with van der Waals surface area (Å²) in [5, 5.41) is 2.58. The molecule has 18 heavy (non-hydrogen) atoms. The van der Waals surface area contributed by atoms with Gasteiger partial charge >= 0.3 is 0 Å². The van der Waals surface area contributed by atoms with Crippen LogP contribution in [0, 0.1) is 0 Å². The Morgan fingerprint density at radius 1 is 1.44 bits per heavy atom. The second-order valence-corrected chi connectivity index (χ2v) is 4.34. The first-order valence-corrected chi connectivity index (χ1v) is 5.96. The fraction of sp³-hybridized carbons (Fsp3) is 0.455. The molecular weight excluding hydrogens is 234 g/mol. The molecular formula is C11H13N5O2. The number of anilines is 1. The van der Waals surface area contributed by atoms with Gasteiger partial charge in [0.05, 0.1) is 6.33 Å². The number of hydrogen-bond donors (Lipinski definition) is 1. The summed E-state index contributed by atoms with van der Waals surface area (Å²) in [6.45, 7) is 2.90. The fourth-order valence-electron chi connectivity index (χ4n) is 2.07. The summed E-state index contributed by atoms with van der Waals surface area (Å²) in [5.74, 6) is 0.100. The molecule has 0 aromatic carbocycles. The van der Waals surface area contributed by atoms with Gasteiger partial charge < -0.3 is 4.57 Å². The molecule has 2 aromatic heterocycles. The molecule has 0 saturated carbocycles. The van der Waals surface area contributed by atoms with Gasteiger partial charge in [-0.15, -0.1) is 0 Å². The molecule has 1 N–H and O–H groups in total. The largest absolute Gasteiger partial charge is 0.315 e. The van der Waals surface area contributed by atoms with Crippen LogP contribution in [0.2, 0.25) is 0 Å². The zero-order chi connectivity index (χ0) is 12.7. The molecule has 2 aromatic rings. The van der Waals surface area contributed by atoms with Gasteiger partial charge in [0, 0.05) is 6.54 Å². The molecule has 0 spiro atoms. The second-order valence-electron chi connectivity index (χ2n) is 4.34. The van der Waals surface area contributed by atoms with E-state index in [1.165, 1.54) is 4.57 Å². The molecule has 1 aliphatic rings. The molecule has 0 atom stereocenters. The van der Waals surface area contributed by atoms with Crippen LogP contribution in [0.25, 0.3) is 11.2 Å². The predicted octanol–water partition coefficient (Wildman–Crippen LogP) is 0.345. The lowest BCUT2D eigenvalue weighted by molar-refractivity contribution is -0.115. The van der Waals surface area contributed by atoms with Crippen molar-refractivity contribution in [2.45, 2.75) is 32.9 Å². The van der Waals surface area contributed by atoms with Gasteiger partial charge in [-0.2, -0.15) is 4.98 Å². The number of aromatic nitrogens is 4. The lowest BCUT2D eigenvalue weighted by atomic mass is 10.3. The average Bonchev–Trinajstić information content (AvgIpc) is 2.91. The van der Waals surface area contributed by atoms with Crippen LogP contribution in [0.1, 0.15) is 19.8 Å². The number of nitrogens with zero attached hydrogens (tertiary/aromatic N) is 4. The third-order valence-corrected chi connectivity index (χ3v) is 3.03. The smallest absolute Gasteiger partial charge is 0.283 e. The Labute approximate surface area is 102 Å². The van der Waals surface area contributed by atoms with Crippen molar-refractivity contribution in [1.29, 1.82) is 0 Å². The van der Waals surface area contributed by atoms with Crippen molar-refractivity contribution >= 4 is 23.0 Å². The van der Waals surface area contributed by atoms with Gasteiger partial charge in [0.15, 0.2) is 11.2 Å². The van der Waals surface area contributed by atoms with Gasteiger partial charge in [-0.05, 0) is 6.42 Å². The summed E-state index contributed by atoms with van der Waals surface area (Å²) in [6.07, 6.45) is 3.69. The fourth-order valence-corrected chi connectivity index (χ4v) is 2.07. The first-order chi connectivity index (χ1) is 8.70. The summed E-state index contributed by atoms with van der Waals surface area (Å²) in [6, 6.07) is 0. The topological polar surface area (TPSA) is 81.8 Å². The molecule has 94 valence electrons. The molecule has 7 nitrogen and oxygen atoms in total. The Morgan fingerprint density at radius 3 is 3.06 bits per heavy atom. The van der Waals surface area contributed by atoms with Crippen molar-refractivity contribution in [1.82, 2.24) is 19.1 Å². The standard InChI is InChI=1S/C11H13N5O2/c1-2-3-4-15-6-12-8-9(15)14-11-13-7(17)5-16(11)10(8)18/h6H,2-5H2,1H3,(H,13,14,17). The Kier molecular flexibility index (Phi) is 2.39. The Hall–Kier alpha value is -2.18. The van der Waals surface area contributed by atoms with Crippen LogP contribution < -0.4 is 10.9 Å². The number of nitrogens with one attached hydrogen (secondary N) is 1. The Bertz CT molecular complexity index is 685. The highest BCUT2D eigenvalue weighted by Gasteiger charge is 2.23. The highest BCUT2D eigenvalue weighted by molar-refractivity contribution is 5.93. The summed E-state index contributed by atoms with van der Waals surface area (Å²) >= 11 is 0. The van der Waals surface area contributed by atoms with Crippen molar-refractivity contribution in [2.24, 2.45) is 0 Å². The molecule has 0 radical (unpaired) electrons. The van der Waals surface area contributed by atoms with Gasteiger partial charge in [-0.25, -0.2) is 4.98 Å². The van der Waals surface area contributed by atoms with Crippen molar-refractivity contribution < 1.29 is 4.79 Å². The first kappa shape index (κ1) is 10.9. The summed E-state index contributed by atoms with van der Waals surface area (Å²) in [4.78, 5) is 31.8. The number of hydrogen-bond acceptors (Lipinski definition) is 4. The Morgan fingerprint density at radius 2 is 2.28 bits per heavy atom.